The lowest BCUT2D eigenvalue weighted by Crippen LogP contribution is -2.22. The molecule has 0 saturated heterocycles. The van der Waals surface area contributed by atoms with Crippen LogP contribution in [0.1, 0.15) is 45.9 Å². The van der Waals surface area contributed by atoms with E-state index in [2.05, 4.69) is 15.3 Å². The molecule has 1 aromatic heterocycles. The van der Waals surface area contributed by atoms with Crippen molar-refractivity contribution in [3.8, 4) is 0 Å². The van der Waals surface area contributed by atoms with Gasteiger partial charge in [-0.2, -0.15) is 0 Å². The van der Waals surface area contributed by atoms with Gasteiger partial charge in [0.05, 0.1) is 11.3 Å². The number of carbonyl (C=O) groups excluding carboxylic acids is 2. The number of nitrogens with zero attached hydrogens (tertiary/aromatic N) is 2. The summed E-state index contributed by atoms with van der Waals surface area (Å²) < 4.78 is 0. The van der Waals surface area contributed by atoms with Crippen molar-refractivity contribution in [1.82, 2.24) is 9.97 Å². The Labute approximate surface area is 174 Å². The summed E-state index contributed by atoms with van der Waals surface area (Å²) in [5.41, 5.74) is 3.37. The zero-order valence-corrected chi connectivity index (χ0v) is 16.5. The molecule has 1 aliphatic rings. The van der Waals surface area contributed by atoms with Gasteiger partial charge in [0.1, 0.15) is 0 Å². The first-order valence-corrected chi connectivity index (χ1v) is 9.94. The first kappa shape index (κ1) is 19.3. The van der Waals surface area contributed by atoms with Gasteiger partial charge in [-0.05, 0) is 42.0 Å². The van der Waals surface area contributed by atoms with Crippen LogP contribution in [0.15, 0.2) is 60.8 Å². The summed E-state index contributed by atoms with van der Waals surface area (Å²) in [5, 5.41) is 3.42. The molecule has 29 heavy (non-hydrogen) atoms. The van der Waals surface area contributed by atoms with Crippen LogP contribution >= 0.6 is 11.6 Å². The van der Waals surface area contributed by atoms with Crippen molar-refractivity contribution in [3.63, 3.8) is 0 Å². The Kier molecular flexibility index (Phi) is 5.67. The predicted octanol–water partition coefficient (Wildman–Crippen LogP) is 4.61. The number of hydrogen-bond donors (Lipinski definition) is 1. The fraction of sp³-hybridized carbons (Fsp3) is 0.217. The standard InChI is InChI=1S/C23H20ClN3O2/c24-18-9-7-16(8-10-18)17-12-20-19(21(28)13-17)14-25-23(26-20)27-22(29)11-6-15-4-2-1-3-5-15/h1-5,7-10,14,17H,6,11-13H2,(H,25,26,27,29)/t17-/m1/s1. The van der Waals surface area contributed by atoms with Crippen LogP contribution in [0.3, 0.4) is 0 Å². The molecular weight excluding hydrogens is 386 g/mol. The number of hydrogen-bond acceptors (Lipinski definition) is 4. The maximum Gasteiger partial charge on any atom is 0.229 e. The Morgan fingerprint density at radius 3 is 2.59 bits per heavy atom. The summed E-state index contributed by atoms with van der Waals surface area (Å²) in [6.07, 6.45) is 3.56. The van der Waals surface area contributed by atoms with Gasteiger partial charge in [-0.15, -0.1) is 0 Å². The minimum atomic E-state index is -0.148. The Morgan fingerprint density at radius 1 is 1.07 bits per heavy atom. The summed E-state index contributed by atoms with van der Waals surface area (Å²) in [4.78, 5) is 33.4. The normalized spacial score (nSPS) is 15.6. The van der Waals surface area contributed by atoms with Crippen LogP contribution < -0.4 is 5.32 Å². The molecule has 0 aliphatic heterocycles. The van der Waals surface area contributed by atoms with Crippen molar-refractivity contribution in [3.05, 3.63) is 88.2 Å². The van der Waals surface area contributed by atoms with E-state index in [4.69, 9.17) is 11.6 Å². The Morgan fingerprint density at radius 2 is 1.83 bits per heavy atom. The van der Waals surface area contributed by atoms with Gasteiger partial charge in [-0.1, -0.05) is 54.1 Å². The van der Waals surface area contributed by atoms with Gasteiger partial charge in [0, 0.05) is 24.1 Å². The minimum absolute atomic E-state index is 0.0214. The third kappa shape index (κ3) is 4.69. The minimum Gasteiger partial charge on any atom is -0.295 e. The molecule has 4 rings (SSSR count). The number of amides is 1. The summed E-state index contributed by atoms with van der Waals surface area (Å²) >= 11 is 5.97. The van der Waals surface area contributed by atoms with E-state index in [0.29, 0.717) is 42.0 Å². The SMILES string of the molecule is O=C(CCc1ccccc1)Nc1ncc2c(n1)C[C@@H](c1ccc(Cl)cc1)CC2=O. The van der Waals surface area contributed by atoms with Gasteiger partial charge in [-0.3, -0.25) is 14.9 Å². The molecule has 0 saturated carbocycles. The maximum atomic E-state index is 12.5. The largest absolute Gasteiger partial charge is 0.295 e. The third-order valence-electron chi connectivity index (χ3n) is 5.12. The molecule has 1 atom stereocenters. The van der Waals surface area contributed by atoms with Crippen LogP contribution in [0, 0.1) is 0 Å². The molecule has 0 spiro atoms. The van der Waals surface area contributed by atoms with Gasteiger partial charge >= 0.3 is 0 Å². The highest BCUT2D eigenvalue weighted by Crippen LogP contribution is 2.32. The van der Waals surface area contributed by atoms with E-state index in [0.717, 1.165) is 11.1 Å². The first-order chi connectivity index (χ1) is 14.1. The lowest BCUT2D eigenvalue weighted by molar-refractivity contribution is -0.116. The molecule has 1 N–H and O–H groups in total. The fourth-order valence-corrected chi connectivity index (χ4v) is 3.69. The quantitative estimate of drug-likeness (QED) is 0.672. The van der Waals surface area contributed by atoms with E-state index in [9.17, 15) is 9.59 Å². The molecule has 146 valence electrons. The molecule has 1 aliphatic carbocycles. The number of fused-ring (bicyclic) bond motifs is 1. The van der Waals surface area contributed by atoms with Gasteiger partial charge in [-0.25, -0.2) is 9.97 Å². The van der Waals surface area contributed by atoms with E-state index in [1.807, 2.05) is 54.6 Å². The highest BCUT2D eigenvalue weighted by molar-refractivity contribution is 6.30. The van der Waals surface area contributed by atoms with Gasteiger partial charge in [0.25, 0.3) is 0 Å². The average Bonchev–Trinajstić information content (AvgIpc) is 2.73. The zero-order valence-electron chi connectivity index (χ0n) is 15.8. The van der Waals surface area contributed by atoms with Crippen molar-refractivity contribution < 1.29 is 9.59 Å². The molecule has 0 bridgehead atoms. The molecule has 6 heteroatoms. The highest BCUT2D eigenvalue weighted by atomic mass is 35.5. The summed E-state index contributed by atoms with van der Waals surface area (Å²) in [6.45, 7) is 0. The summed E-state index contributed by atoms with van der Waals surface area (Å²) in [6, 6.07) is 17.4. The lowest BCUT2D eigenvalue weighted by atomic mass is 9.82. The van der Waals surface area contributed by atoms with Crippen molar-refractivity contribution in [1.29, 1.82) is 0 Å². The fourth-order valence-electron chi connectivity index (χ4n) is 3.57. The van der Waals surface area contributed by atoms with Crippen LogP contribution in [0.5, 0.6) is 0 Å². The zero-order chi connectivity index (χ0) is 20.2. The Bertz CT molecular complexity index is 1040. The molecule has 1 heterocycles. The Hall–Kier alpha value is -3.05. The lowest BCUT2D eigenvalue weighted by Gasteiger charge is -2.23. The highest BCUT2D eigenvalue weighted by Gasteiger charge is 2.28. The van der Waals surface area contributed by atoms with Gasteiger partial charge in [0.2, 0.25) is 11.9 Å². The van der Waals surface area contributed by atoms with Crippen LogP contribution in [0.2, 0.25) is 5.02 Å². The van der Waals surface area contributed by atoms with Crippen molar-refractivity contribution in [2.24, 2.45) is 0 Å². The second-order valence-corrected chi connectivity index (χ2v) is 7.60. The van der Waals surface area contributed by atoms with E-state index >= 15 is 0 Å². The second kappa shape index (κ2) is 8.53. The van der Waals surface area contributed by atoms with Crippen LogP contribution in [-0.2, 0) is 17.6 Å². The van der Waals surface area contributed by atoms with Crippen molar-refractivity contribution >= 4 is 29.2 Å². The summed E-state index contributed by atoms with van der Waals surface area (Å²) in [5.74, 6) is 0.161. The molecule has 3 aromatic rings. The smallest absolute Gasteiger partial charge is 0.229 e. The monoisotopic (exact) mass is 405 g/mol. The van der Waals surface area contributed by atoms with Crippen LogP contribution in [0.4, 0.5) is 5.95 Å². The van der Waals surface area contributed by atoms with Crippen molar-refractivity contribution in [2.45, 2.75) is 31.6 Å². The van der Waals surface area contributed by atoms with E-state index in [1.54, 1.807) is 0 Å². The van der Waals surface area contributed by atoms with E-state index < -0.39 is 0 Å². The number of aromatic nitrogens is 2. The molecule has 0 unspecified atom stereocenters. The van der Waals surface area contributed by atoms with Crippen molar-refractivity contribution in [2.75, 3.05) is 5.32 Å². The molecule has 0 fully saturated rings. The van der Waals surface area contributed by atoms with Gasteiger partial charge in [0.15, 0.2) is 5.78 Å². The molecule has 0 radical (unpaired) electrons. The second-order valence-electron chi connectivity index (χ2n) is 7.17. The van der Waals surface area contributed by atoms with E-state index in [-0.39, 0.29) is 23.6 Å². The molecule has 1 amide bonds. The average molecular weight is 406 g/mol. The number of benzene rings is 2. The third-order valence-corrected chi connectivity index (χ3v) is 5.37. The predicted molar refractivity (Wildman–Crippen MR) is 112 cm³/mol. The number of Topliss-reactive ketones (excluding diaryl/α,β-unsaturated/α-hetero) is 1. The van der Waals surface area contributed by atoms with Crippen LogP contribution in [0.25, 0.3) is 0 Å². The molecule has 5 nitrogen and oxygen atoms in total. The number of nitrogens with one attached hydrogen (secondary N) is 1. The molecule has 2 aromatic carbocycles. The number of rotatable bonds is 5. The summed E-state index contributed by atoms with van der Waals surface area (Å²) in [7, 11) is 0. The number of ketones is 1. The number of anilines is 1. The number of halogens is 1. The first-order valence-electron chi connectivity index (χ1n) is 9.57. The maximum absolute atomic E-state index is 12.5. The van der Waals surface area contributed by atoms with E-state index in [1.165, 1.54) is 6.20 Å². The number of aryl methyl sites for hydroxylation is 1. The topological polar surface area (TPSA) is 72.0 Å². The number of carbonyl (C=O) groups is 2. The van der Waals surface area contributed by atoms with Crippen LogP contribution in [-0.4, -0.2) is 21.7 Å². The van der Waals surface area contributed by atoms with Gasteiger partial charge < -0.3 is 0 Å². The Balaban J connectivity index is 1.45. The molecular formula is C23H20ClN3O2.